The number of rotatable bonds is 7. The molecule has 10 heteroatoms. The Hall–Kier alpha value is -3.34. The van der Waals surface area contributed by atoms with Gasteiger partial charge in [0.05, 0.1) is 28.8 Å². The first kappa shape index (κ1) is 24.4. The van der Waals surface area contributed by atoms with Crippen molar-refractivity contribution in [3.05, 3.63) is 78.6 Å². The van der Waals surface area contributed by atoms with Gasteiger partial charge in [-0.05, 0) is 60.9 Å². The maximum absolute atomic E-state index is 13.8. The van der Waals surface area contributed by atoms with Gasteiger partial charge in [-0.2, -0.15) is 4.31 Å². The van der Waals surface area contributed by atoms with Crippen molar-refractivity contribution in [2.24, 2.45) is 5.92 Å². The molecule has 1 amide bonds. The third-order valence-electron chi connectivity index (χ3n) is 6.34. The molecule has 1 aliphatic rings. The Bertz CT molecular complexity index is 1420. The second-order valence-corrected chi connectivity index (χ2v) is 11.6. The molecule has 0 unspecified atom stereocenters. The van der Waals surface area contributed by atoms with Gasteiger partial charge >= 0.3 is 0 Å². The number of ether oxygens (including phenoxy) is 1. The summed E-state index contributed by atoms with van der Waals surface area (Å²) in [5.41, 5.74) is 1.76. The standard InChI is InChI=1S/C26H26N4O4S2/c1-34-21-8-10-22(11-9-21)36(32,33)29-15-12-20(13-16-29)25(31)30(18-19-5-4-14-27-17-19)26-28-23-6-2-3-7-24(23)35-26/h2-11,14,17,20H,12-13,15-16,18H2,1H3. The molecule has 0 atom stereocenters. The Balaban J connectivity index is 1.34. The highest BCUT2D eigenvalue weighted by molar-refractivity contribution is 7.89. The highest BCUT2D eigenvalue weighted by atomic mass is 32.2. The molecule has 4 aromatic rings. The Kier molecular flexibility index (Phi) is 6.99. The molecule has 1 aliphatic heterocycles. The number of hydrogen-bond donors (Lipinski definition) is 0. The van der Waals surface area contributed by atoms with Gasteiger partial charge < -0.3 is 4.74 Å². The van der Waals surface area contributed by atoms with Crippen LogP contribution in [0, 0.1) is 5.92 Å². The number of para-hydroxylation sites is 1. The minimum absolute atomic E-state index is 0.0422. The Morgan fingerprint density at radius 3 is 2.50 bits per heavy atom. The van der Waals surface area contributed by atoms with Crippen LogP contribution in [-0.4, -0.2) is 48.8 Å². The van der Waals surface area contributed by atoms with Crippen LogP contribution in [-0.2, 0) is 21.4 Å². The number of thiazole rings is 1. The van der Waals surface area contributed by atoms with Gasteiger partial charge in [0, 0.05) is 31.4 Å². The average molecular weight is 523 g/mol. The van der Waals surface area contributed by atoms with Crippen LogP contribution >= 0.6 is 11.3 Å². The number of aromatic nitrogens is 2. The number of anilines is 1. The van der Waals surface area contributed by atoms with Crippen LogP contribution in [0.3, 0.4) is 0 Å². The van der Waals surface area contributed by atoms with Crippen molar-refractivity contribution in [2.75, 3.05) is 25.1 Å². The molecule has 0 N–H and O–H groups in total. The monoisotopic (exact) mass is 522 g/mol. The fourth-order valence-corrected chi connectivity index (χ4v) is 6.79. The maximum atomic E-state index is 13.8. The lowest BCUT2D eigenvalue weighted by molar-refractivity contribution is -0.123. The zero-order valence-corrected chi connectivity index (χ0v) is 21.4. The van der Waals surface area contributed by atoms with E-state index >= 15 is 0 Å². The van der Waals surface area contributed by atoms with Crippen LogP contribution in [0.15, 0.2) is 78.0 Å². The number of sulfonamides is 1. The number of piperidine rings is 1. The summed E-state index contributed by atoms with van der Waals surface area (Å²) in [6.07, 6.45) is 4.34. The van der Waals surface area contributed by atoms with Gasteiger partial charge in [-0.25, -0.2) is 13.4 Å². The second kappa shape index (κ2) is 10.3. The molecule has 2 aromatic carbocycles. The van der Waals surface area contributed by atoms with Crippen molar-refractivity contribution in [1.29, 1.82) is 0 Å². The van der Waals surface area contributed by atoms with Gasteiger partial charge in [0.25, 0.3) is 0 Å². The van der Waals surface area contributed by atoms with Crippen LogP contribution in [0.2, 0.25) is 0 Å². The molecule has 0 saturated carbocycles. The molecule has 0 spiro atoms. The number of methoxy groups -OCH3 is 1. The van der Waals surface area contributed by atoms with Crippen molar-refractivity contribution in [2.45, 2.75) is 24.3 Å². The van der Waals surface area contributed by atoms with Crippen LogP contribution < -0.4 is 9.64 Å². The highest BCUT2D eigenvalue weighted by Gasteiger charge is 2.35. The van der Waals surface area contributed by atoms with Crippen LogP contribution in [0.5, 0.6) is 5.75 Å². The quantitative estimate of drug-likeness (QED) is 0.359. The Morgan fingerprint density at radius 2 is 1.83 bits per heavy atom. The van der Waals surface area contributed by atoms with Crippen molar-refractivity contribution in [3.8, 4) is 5.75 Å². The lowest BCUT2D eigenvalue weighted by atomic mass is 9.96. The lowest BCUT2D eigenvalue weighted by Crippen LogP contribution is -2.44. The van der Waals surface area contributed by atoms with E-state index < -0.39 is 10.0 Å². The van der Waals surface area contributed by atoms with E-state index in [4.69, 9.17) is 9.72 Å². The summed E-state index contributed by atoms with van der Waals surface area (Å²) in [7, 11) is -2.10. The van der Waals surface area contributed by atoms with Gasteiger partial charge in [0.1, 0.15) is 5.75 Å². The first-order valence-corrected chi connectivity index (χ1v) is 13.9. The summed E-state index contributed by atoms with van der Waals surface area (Å²) >= 11 is 1.48. The number of amides is 1. The van der Waals surface area contributed by atoms with E-state index in [2.05, 4.69) is 4.98 Å². The molecule has 186 valence electrons. The second-order valence-electron chi connectivity index (χ2n) is 8.60. The molecule has 0 radical (unpaired) electrons. The average Bonchev–Trinajstić information content (AvgIpc) is 3.36. The van der Waals surface area contributed by atoms with E-state index in [0.29, 0.717) is 30.3 Å². The lowest BCUT2D eigenvalue weighted by Gasteiger charge is -2.33. The normalized spacial score (nSPS) is 15.1. The molecule has 36 heavy (non-hydrogen) atoms. The number of carbonyl (C=O) groups excluding carboxylic acids is 1. The van der Waals surface area contributed by atoms with Crippen molar-refractivity contribution in [1.82, 2.24) is 14.3 Å². The van der Waals surface area contributed by atoms with Crippen LogP contribution in [0.4, 0.5) is 5.13 Å². The molecule has 1 fully saturated rings. The number of hydrogen-bond acceptors (Lipinski definition) is 7. The van der Waals surface area contributed by atoms with Crippen LogP contribution in [0.1, 0.15) is 18.4 Å². The third kappa shape index (κ3) is 4.97. The van der Waals surface area contributed by atoms with Gasteiger partial charge in [-0.15, -0.1) is 0 Å². The number of nitrogens with zero attached hydrogens (tertiary/aromatic N) is 4. The predicted molar refractivity (Wildman–Crippen MR) is 140 cm³/mol. The van der Waals surface area contributed by atoms with E-state index in [1.807, 2.05) is 36.4 Å². The summed E-state index contributed by atoms with van der Waals surface area (Å²) in [5, 5.41) is 0.637. The Morgan fingerprint density at radius 1 is 1.08 bits per heavy atom. The van der Waals surface area contributed by atoms with Crippen molar-refractivity contribution < 1.29 is 17.9 Å². The fraction of sp³-hybridized carbons (Fsp3) is 0.269. The number of fused-ring (bicyclic) bond motifs is 1. The van der Waals surface area contributed by atoms with Gasteiger partial charge in [0.2, 0.25) is 15.9 Å². The molecule has 3 heterocycles. The minimum atomic E-state index is -3.64. The molecular formula is C26H26N4O4S2. The zero-order valence-electron chi connectivity index (χ0n) is 19.8. The van der Waals surface area contributed by atoms with Gasteiger partial charge in [-0.3, -0.25) is 14.7 Å². The SMILES string of the molecule is COc1ccc(S(=O)(=O)N2CCC(C(=O)N(Cc3cccnc3)c3nc4ccccc4s3)CC2)cc1. The fourth-order valence-electron chi connectivity index (χ4n) is 4.35. The van der Waals surface area contributed by atoms with Crippen molar-refractivity contribution in [3.63, 3.8) is 0 Å². The molecule has 5 rings (SSSR count). The molecule has 0 bridgehead atoms. The Labute approximate surface area is 214 Å². The van der Waals surface area contributed by atoms with E-state index in [1.165, 1.54) is 22.8 Å². The molecule has 0 aliphatic carbocycles. The molecular weight excluding hydrogens is 496 g/mol. The maximum Gasteiger partial charge on any atom is 0.243 e. The summed E-state index contributed by atoms with van der Waals surface area (Å²) in [4.78, 5) is 24.6. The smallest absolute Gasteiger partial charge is 0.243 e. The number of pyridine rings is 1. The van der Waals surface area contributed by atoms with Crippen LogP contribution in [0.25, 0.3) is 10.2 Å². The third-order valence-corrected chi connectivity index (χ3v) is 9.32. The van der Waals surface area contributed by atoms with E-state index in [0.717, 1.165) is 15.8 Å². The van der Waals surface area contributed by atoms with E-state index in [1.54, 1.807) is 41.6 Å². The number of carbonyl (C=O) groups is 1. The van der Waals surface area contributed by atoms with E-state index in [-0.39, 0.29) is 29.8 Å². The van der Waals surface area contributed by atoms with Gasteiger partial charge in [-0.1, -0.05) is 29.5 Å². The first-order valence-electron chi connectivity index (χ1n) is 11.7. The topological polar surface area (TPSA) is 92.7 Å². The minimum Gasteiger partial charge on any atom is -0.497 e. The summed E-state index contributed by atoms with van der Waals surface area (Å²) in [5.74, 6) is 0.261. The summed E-state index contributed by atoms with van der Waals surface area (Å²) in [6.45, 7) is 0.924. The predicted octanol–water partition coefficient (Wildman–Crippen LogP) is 4.33. The molecule has 1 saturated heterocycles. The number of benzene rings is 2. The molecule has 2 aromatic heterocycles. The summed E-state index contributed by atoms with van der Waals surface area (Å²) in [6, 6.07) is 18.0. The molecule has 8 nitrogen and oxygen atoms in total. The van der Waals surface area contributed by atoms with Gasteiger partial charge in [0.15, 0.2) is 5.13 Å². The zero-order chi connectivity index (χ0) is 25.1. The van der Waals surface area contributed by atoms with Crippen molar-refractivity contribution >= 4 is 42.6 Å². The van der Waals surface area contributed by atoms with E-state index in [9.17, 15) is 13.2 Å². The first-order chi connectivity index (χ1) is 17.5. The largest absolute Gasteiger partial charge is 0.497 e. The summed E-state index contributed by atoms with van der Waals surface area (Å²) < 4.78 is 33.9. The highest BCUT2D eigenvalue weighted by Crippen LogP contribution is 2.33.